The highest BCUT2D eigenvalue weighted by Gasteiger charge is 2.38. The second-order valence-electron chi connectivity index (χ2n) is 12.2. The Morgan fingerprint density at radius 2 is 0.969 bits per heavy atom. The van der Waals surface area contributed by atoms with E-state index in [4.69, 9.17) is 35.5 Å². The summed E-state index contributed by atoms with van der Waals surface area (Å²) in [6.07, 6.45) is 3.33. The fourth-order valence-corrected chi connectivity index (χ4v) is 9.38. The second kappa shape index (κ2) is 25.9. The Kier molecular flexibility index (Phi) is 22.0. The van der Waals surface area contributed by atoms with Crippen LogP contribution in [0.4, 0.5) is 0 Å². The van der Waals surface area contributed by atoms with E-state index >= 15 is 0 Å². The average molecular weight is 887 g/mol. The van der Waals surface area contributed by atoms with Crippen molar-refractivity contribution < 1.29 is 18.0 Å². The zero-order valence-corrected chi connectivity index (χ0v) is 39.8. The molecule has 0 radical (unpaired) electrons. The number of nitrogens with zero attached hydrogens (tertiary/aromatic N) is 6. The standard InChI is InChI=1S/C18H10N2O.C14H10N2O2S.C12H6N2OS.4C2H6/c1-3-13-17(16(10-19)20-2)14-8-11-6-4-5-7-12(11)9-15(14)18(13)21;1-9(2)14-13(11(8-15)16-3)10-6-4-5-7-12(10)19(14,17)18;1-3-7-11(10(4-13)14-2)8-5-16-6-9(8)12(7)15;4*1-2/h3-9H,1H3;4-7H,1-2H3;3,5-6H,1H3;4*1-2H3/b13-3-,17-16?;13-11-;7-3-,11-10?;;;;. The summed E-state index contributed by atoms with van der Waals surface area (Å²) in [4.78, 5) is 34.3. The van der Waals surface area contributed by atoms with Gasteiger partial charge in [0, 0.05) is 44.4 Å². The molecule has 1 aromatic heterocycles. The third-order valence-electron chi connectivity index (χ3n) is 8.94. The van der Waals surface area contributed by atoms with Crippen LogP contribution in [-0.2, 0) is 9.84 Å². The Hall–Kier alpha value is -7.71. The van der Waals surface area contributed by atoms with E-state index in [9.17, 15) is 18.0 Å². The normalized spacial score (nSPS) is 16.3. The van der Waals surface area contributed by atoms with E-state index < -0.39 is 9.84 Å². The lowest BCUT2D eigenvalue weighted by Crippen LogP contribution is -1.99. The molecule has 0 bridgehead atoms. The molecule has 0 spiro atoms. The third kappa shape index (κ3) is 10.7. The largest absolute Gasteiger partial charge is 0.289 e. The van der Waals surface area contributed by atoms with Gasteiger partial charge in [-0.1, -0.05) is 116 Å². The van der Waals surface area contributed by atoms with Crippen molar-refractivity contribution in [1.82, 2.24) is 0 Å². The monoisotopic (exact) mass is 886 g/mol. The first-order valence-corrected chi connectivity index (χ1v) is 22.9. The Bertz CT molecular complexity index is 2970. The van der Waals surface area contributed by atoms with Crippen LogP contribution in [0.5, 0.6) is 0 Å². The summed E-state index contributed by atoms with van der Waals surface area (Å²) in [6, 6.07) is 23.4. The minimum atomic E-state index is -3.63. The van der Waals surface area contributed by atoms with Crippen LogP contribution in [-0.4, -0.2) is 20.0 Å². The molecule has 64 heavy (non-hydrogen) atoms. The molecule has 0 saturated heterocycles. The van der Waals surface area contributed by atoms with Gasteiger partial charge >= 0.3 is 0 Å². The second-order valence-corrected chi connectivity index (χ2v) is 14.8. The van der Waals surface area contributed by atoms with Crippen molar-refractivity contribution in [2.45, 2.75) is 88.0 Å². The molecule has 324 valence electrons. The Labute approximate surface area is 382 Å². The van der Waals surface area contributed by atoms with E-state index in [0.717, 1.165) is 16.3 Å². The van der Waals surface area contributed by atoms with Crippen molar-refractivity contribution in [2.24, 2.45) is 0 Å². The number of carbonyl (C=O) groups is 2. The van der Waals surface area contributed by atoms with Gasteiger partial charge in [-0.05, 0) is 78.7 Å². The molecule has 7 rings (SSSR count). The fourth-order valence-electron chi connectivity index (χ4n) is 6.61. The van der Waals surface area contributed by atoms with Gasteiger partial charge in [-0.25, -0.2) is 38.7 Å². The van der Waals surface area contributed by atoms with E-state index in [2.05, 4.69) is 14.5 Å². The van der Waals surface area contributed by atoms with Gasteiger partial charge in [-0.15, -0.1) is 0 Å². The van der Waals surface area contributed by atoms with Crippen molar-refractivity contribution in [3.63, 3.8) is 0 Å². The van der Waals surface area contributed by atoms with E-state index in [-0.39, 0.29) is 44.0 Å². The van der Waals surface area contributed by atoms with Gasteiger partial charge in [0.1, 0.15) is 0 Å². The summed E-state index contributed by atoms with van der Waals surface area (Å²) < 4.78 is 24.9. The number of ketones is 2. The third-order valence-corrected chi connectivity index (χ3v) is 11.8. The number of sulfone groups is 1. The number of hydrogen-bond acceptors (Lipinski definition) is 8. The van der Waals surface area contributed by atoms with E-state index in [0.29, 0.717) is 50.1 Å². The summed E-state index contributed by atoms with van der Waals surface area (Å²) in [5.74, 6) is -0.213. The summed E-state index contributed by atoms with van der Waals surface area (Å²) in [6.45, 7) is 44.0. The smallest absolute Gasteiger partial charge is 0.270 e. The lowest BCUT2D eigenvalue weighted by atomic mass is 9.99. The Balaban J connectivity index is 0.000000447. The highest BCUT2D eigenvalue weighted by molar-refractivity contribution is 7.96. The molecule has 0 unspecified atom stereocenters. The van der Waals surface area contributed by atoms with Gasteiger partial charge in [0.05, 0.1) is 47.7 Å². The lowest BCUT2D eigenvalue weighted by Gasteiger charge is -2.04. The molecule has 0 N–H and O–H groups in total. The number of Topliss-reactive ketones (excluding diaryl/α,β-unsaturated/α-hetero) is 2. The first-order valence-electron chi connectivity index (χ1n) is 20.5. The molecule has 3 aromatic carbocycles. The molecule has 0 amide bonds. The molecule has 0 fully saturated rings. The van der Waals surface area contributed by atoms with E-state index in [1.165, 1.54) is 17.4 Å². The average Bonchev–Trinajstić information content (AvgIpc) is 4.06. The van der Waals surface area contributed by atoms with Crippen LogP contribution in [0.1, 0.15) is 120 Å². The quantitative estimate of drug-likeness (QED) is 0.0967. The van der Waals surface area contributed by atoms with Crippen LogP contribution in [0.15, 0.2) is 127 Å². The van der Waals surface area contributed by atoms with Crippen molar-refractivity contribution in [1.29, 1.82) is 15.8 Å². The number of nitriles is 3. The zero-order chi connectivity index (χ0) is 48.9. The zero-order valence-electron chi connectivity index (χ0n) is 38.2. The number of benzene rings is 3. The highest BCUT2D eigenvalue weighted by atomic mass is 32.2. The summed E-state index contributed by atoms with van der Waals surface area (Å²) in [7, 11) is -3.63. The molecule has 0 saturated carbocycles. The predicted molar refractivity (Wildman–Crippen MR) is 259 cm³/mol. The maximum atomic E-state index is 12.5. The number of thiophene rings is 1. The SMILES string of the molecule is CC.CC.CC.CC.[C-]#[N+]/C(C#N)=C1\C(=C(C)C)S(=O)(=O)c2ccccc21.[C-]#[N+]C(C#N)=C1/C(=C/C)C(=O)c2cc3ccccc3cc21.[C-]#[N+]C(C#N)=C1/C(=C/C)C(=O)c2cscc21. The van der Waals surface area contributed by atoms with Crippen LogP contribution in [0.3, 0.4) is 0 Å². The van der Waals surface area contributed by atoms with Crippen molar-refractivity contribution >= 4 is 60.2 Å². The van der Waals surface area contributed by atoms with Crippen molar-refractivity contribution in [2.75, 3.05) is 0 Å². The first kappa shape index (κ1) is 54.3. The van der Waals surface area contributed by atoms with Gasteiger partial charge in [0.2, 0.25) is 9.84 Å². The Morgan fingerprint density at radius 1 is 0.578 bits per heavy atom. The van der Waals surface area contributed by atoms with Crippen molar-refractivity contribution in [3.8, 4) is 18.2 Å². The van der Waals surface area contributed by atoms with Gasteiger partial charge in [-0.2, -0.15) is 11.3 Å². The van der Waals surface area contributed by atoms with Gasteiger partial charge < -0.3 is 0 Å². The fraction of sp³-hybridized carbons (Fsp3) is 0.231. The molecule has 2 aliphatic carbocycles. The molecule has 2 heterocycles. The van der Waals surface area contributed by atoms with Gasteiger partial charge in [0.25, 0.3) is 17.1 Å². The molecule has 4 aromatic rings. The molecular weight excluding hydrogens is 837 g/mol. The van der Waals surface area contributed by atoms with Gasteiger partial charge in [-0.3, -0.25) is 9.59 Å². The summed E-state index contributed by atoms with van der Waals surface area (Å²) in [5, 5.41) is 32.6. The molecule has 0 atom stereocenters. The van der Waals surface area contributed by atoms with Crippen LogP contribution in [0, 0.1) is 53.7 Å². The topological polar surface area (TPSA) is 153 Å². The first-order chi connectivity index (χ1) is 30.9. The summed E-state index contributed by atoms with van der Waals surface area (Å²) in [5.41, 5.74) is 5.41. The summed E-state index contributed by atoms with van der Waals surface area (Å²) >= 11 is 1.41. The molecule has 10 nitrogen and oxygen atoms in total. The maximum absolute atomic E-state index is 12.5. The molecule has 1 aliphatic heterocycles. The molecular formula is C52H50N6O4S2. The predicted octanol–water partition coefficient (Wildman–Crippen LogP) is 14.2. The van der Waals surface area contributed by atoms with Crippen LogP contribution in [0.25, 0.3) is 42.0 Å². The number of fused-ring (bicyclic) bond motifs is 4. The number of hydrogen-bond donors (Lipinski definition) is 0. The van der Waals surface area contributed by atoms with Crippen LogP contribution < -0.4 is 0 Å². The number of carbonyl (C=O) groups excluding carboxylic acids is 2. The van der Waals surface area contributed by atoms with Gasteiger partial charge in [0.15, 0.2) is 11.6 Å². The lowest BCUT2D eigenvalue weighted by molar-refractivity contribution is 0.103. The van der Waals surface area contributed by atoms with Crippen molar-refractivity contribution in [3.05, 3.63) is 184 Å². The number of rotatable bonds is 0. The minimum Gasteiger partial charge on any atom is -0.289 e. The van der Waals surface area contributed by atoms with Crippen LogP contribution >= 0.6 is 11.3 Å². The molecule has 3 aliphatic rings. The highest BCUT2D eigenvalue weighted by Crippen LogP contribution is 2.46. The minimum absolute atomic E-state index is 0.0152. The number of allylic oxidation sites excluding steroid dienone is 11. The Morgan fingerprint density at radius 3 is 1.41 bits per heavy atom. The van der Waals surface area contributed by atoms with Crippen LogP contribution in [0.2, 0.25) is 0 Å². The molecule has 12 heteroatoms. The van der Waals surface area contributed by atoms with E-state index in [1.807, 2.05) is 109 Å². The maximum Gasteiger partial charge on any atom is 0.270 e. The van der Waals surface area contributed by atoms with E-state index in [1.54, 1.807) is 69.5 Å².